The lowest BCUT2D eigenvalue weighted by Crippen LogP contribution is -1.99. The van der Waals surface area contributed by atoms with Gasteiger partial charge in [0.15, 0.2) is 5.78 Å². The fourth-order valence-electron chi connectivity index (χ4n) is 0.799. The van der Waals surface area contributed by atoms with Crippen LogP contribution in [0, 0.1) is 0 Å². The van der Waals surface area contributed by atoms with E-state index in [4.69, 9.17) is 11.6 Å². The Labute approximate surface area is 80.7 Å². The van der Waals surface area contributed by atoms with Gasteiger partial charge in [0.05, 0.1) is 0 Å². The van der Waals surface area contributed by atoms with Crippen LogP contribution in [0.25, 0.3) is 0 Å². The maximum absolute atomic E-state index is 11.4. The predicted octanol–water partition coefficient (Wildman–Crippen LogP) is 3.12. The van der Waals surface area contributed by atoms with Crippen LogP contribution in [0.1, 0.15) is 16.8 Å². The van der Waals surface area contributed by atoms with E-state index in [9.17, 15) is 4.79 Å². The summed E-state index contributed by atoms with van der Waals surface area (Å²) in [6, 6.07) is 1.81. The van der Waals surface area contributed by atoms with Gasteiger partial charge >= 0.3 is 0 Å². The Balaban J connectivity index is 2.56. The van der Waals surface area contributed by atoms with Crippen LogP contribution in [-0.2, 0) is 0 Å². The first-order valence-electron chi connectivity index (χ1n) is 3.52. The Hall–Kier alpha value is -0.600. The van der Waals surface area contributed by atoms with Crippen LogP contribution in [0.2, 0.25) is 0 Å². The van der Waals surface area contributed by atoms with Crippen molar-refractivity contribution in [1.82, 2.24) is 0 Å². The van der Waals surface area contributed by atoms with Gasteiger partial charge in [-0.25, -0.2) is 0 Å². The standard InChI is InChI=1S/C9H9ClOS/c1-7(5-10)4-9(11)8-2-3-12-6-8/h2-3,6H,1,4-5H2. The maximum atomic E-state index is 11.4. The van der Waals surface area contributed by atoms with Crippen LogP contribution in [0.3, 0.4) is 0 Å². The molecule has 1 aromatic heterocycles. The molecule has 0 bridgehead atoms. The van der Waals surface area contributed by atoms with Gasteiger partial charge in [-0.3, -0.25) is 4.79 Å². The second-order valence-electron chi connectivity index (χ2n) is 2.50. The number of hydrogen-bond acceptors (Lipinski definition) is 2. The third-order valence-electron chi connectivity index (χ3n) is 1.44. The normalized spacial score (nSPS) is 9.75. The van der Waals surface area contributed by atoms with E-state index in [1.54, 1.807) is 0 Å². The van der Waals surface area contributed by atoms with Crippen molar-refractivity contribution in [1.29, 1.82) is 0 Å². The lowest BCUT2D eigenvalue weighted by atomic mass is 10.1. The highest BCUT2D eigenvalue weighted by molar-refractivity contribution is 7.08. The van der Waals surface area contributed by atoms with E-state index in [1.807, 2.05) is 16.8 Å². The molecule has 1 heterocycles. The molecule has 3 heteroatoms. The number of carbonyl (C=O) groups excluding carboxylic acids is 1. The van der Waals surface area contributed by atoms with Gasteiger partial charge in [0.25, 0.3) is 0 Å². The lowest BCUT2D eigenvalue weighted by Gasteiger charge is -1.97. The van der Waals surface area contributed by atoms with Crippen LogP contribution >= 0.6 is 22.9 Å². The lowest BCUT2D eigenvalue weighted by molar-refractivity contribution is 0.0993. The minimum atomic E-state index is 0.0990. The molecular weight excluding hydrogens is 192 g/mol. The second-order valence-corrected chi connectivity index (χ2v) is 3.54. The fourth-order valence-corrected chi connectivity index (χ4v) is 1.55. The zero-order valence-electron chi connectivity index (χ0n) is 6.55. The first-order chi connectivity index (χ1) is 5.74. The molecule has 0 atom stereocenters. The van der Waals surface area contributed by atoms with Crippen molar-refractivity contribution in [2.45, 2.75) is 6.42 Å². The van der Waals surface area contributed by atoms with Crippen molar-refractivity contribution in [3.8, 4) is 0 Å². The third-order valence-corrected chi connectivity index (χ3v) is 2.50. The molecule has 0 amide bonds. The van der Waals surface area contributed by atoms with Crippen LogP contribution < -0.4 is 0 Å². The topological polar surface area (TPSA) is 17.1 Å². The summed E-state index contributed by atoms with van der Waals surface area (Å²) in [7, 11) is 0. The summed E-state index contributed by atoms with van der Waals surface area (Å²) in [4.78, 5) is 11.4. The summed E-state index contributed by atoms with van der Waals surface area (Å²) in [6.45, 7) is 3.67. The molecule has 0 N–H and O–H groups in total. The van der Waals surface area contributed by atoms with Crippen molar-refractivity contribution < 1.29 is 4.79 Å². The molecule has 0 saturated carbocycles. The van der Waals surface area contributed by atoms with Crippen molar-refractivity contribution in [3.05, 3.63) is 34.5 Å². The minimum absolute atomic E-state index is 0.0990. The number of carbonyl (C=O) groups is 1. The molecule has 1 nitrogen and oxygen atoms in total. The van der Waals surface area contributed by atoms with E-state index in [2.05, 4.69) is 6.58 Å². The molecule has 0 fully saturated rings. The van der Waals surface area contributed by atoms with E-state index in [0.29, 0.717) is 12.3 Å². The number of rotatable bonds is 4. The van der Waals surface area contributed by atoms with Gasteiger partial charge in [-0.2, -0.15) is 11.3 Å². The molecule has 1 aromatic rings. The van der Waals surface area contributed by atoms with Crippen LogP contribution in [-0.4, -0.2) is 11.7 Å². The molecule has 0 aliphatic carbocycles. The molecular formula is C9H9ClOS. The average Bonchev–Trinajstić information content (AvgIpc) is 2.56. The van der Waals surface area contributed by atoms with Gasteiger partial charge in [-0.15, -0.1) is 11.6 Å². The number of thiophene rings is 1. The SMILES string of the molecule is C=C(CCl)CC(=O)c1ccsc1. The van der Waals surface area contributed by atoms with Gasteiger partial charge in [0.1, 0.15) is 0 Å². The number of Topliss-reactive ketones (excluding diaryl/α,β-unsaturated/α-hetero) is 1. The van der Waals surface area contributed by atoms with Gasteiger partial charge in [-0.05, 0) is 11.4 Å². The molecule has 0 unspecified atom stereocenters. The number of ketones is 1. The minimum Gasteiger partial charge on any atom is -0.294 e. The fraction of sp³-hybridized carbons (Fsp3) is 0.222. The summed E-state index contributed by atoms with van der Waals surface area (Å²) in [5.41, 5.74) is 1.53. The first kappa shape index (κ1) is 9.49. The van der Waals surface area contributed by atoms with Crippen molar-refractivity contribution in [3.63, 3.8) is 0 Å². The first-order valence-corrected chi connectivity index (χ1v) is 5.00. The molecule has 0 radical (unpaired) electrons. The number of halogens is 1. The molecule has 0 saturated heterocycles. The zero-order valence-corrected chi connectivity index (χ0v) is 8.12. The Bertz CT molecular complexity index is 277. The average molecular weight is 201 g/mol. The smallest absolute Gasteiger partial charge is 0.167 e. The largest absolute Gasteiger partial charge is 0.294 e. The quantitative estimate of drug-likeness (QED) is 0.415. The van der Waals surface area contributed by atoms with E-state index < -0.39 is 0 Å². The van der Waals surface area contributed by atoms with Crippen LogP contribution in [0.5, 0.6) is 0 Å². The summed E-state index contributed by atoms with van der Waals surface area (Å²) in [5, 5.41) is 3.72. The van der Waals surface area contributed by atoms with Gasteiger partial charge in [0.2, 0.25) is 0 Å². The predicted molar refractivity (Wildman–Crippen MR) is 53.1 cm³/mol. The molecule has 0 aliphatic heterocycles. The molecule has 0 spiro atoms. The molecule has 0 aromatic carbocycles. The number of allylic oxidation sites excluding steroid dienone is 1. The van der Waals surface area contributed by atoms with E-state index >= 15 is 0 Å². The zero-order chi connectivity index (χ0) is 8.97. The Morgan fingerprint density at radius 1 is 1.67 bits per heavy atom. The van der Waals surface area contributed by atoms with Crippen LogP contribution in [0.4, 0.5) is 0 Å². The summed E-state index contributed by atoms with van der Waals surface area (Å²) >= 11 is 7.03. The monoisotopic (exact) mass is 200 g/mol. The third kappa shape index (κ3) is 2.47. The molecule has 1 rings (SSSR count). The van der Waals surface area contributed by atoms with Gasteiger partial charge < -0.3 is 0 Å². The molecule has 0 aliphatic rings. The van der Waals surface area contributed by atoms with Crippen molar-refractivity contribution in [2.75, 3.05) is 5.88 Å². The van der Waals surface area contributed by atoms with Crippen molar-refractivity contribution in [2.24, 2.45) is 0 Å². The number of alkyl halides is 1. The molecule has 64 valence electrons. The van der Waals surface area contributed by atoms with Crippen molar-refractivity contribution >= 4 is 28.7 Å². The number of hydrogen-bond donors (Lipinski definition) is 0. The Kier molecular flexibility index (Phi) is 3.50. The van der Waals surface area contributed by atoms with Crippen LogP contribution in [0.15, 0.2) is 29.0 Å². The highest BCUT2D eigenvalue weighted by Gasteiger charge is 2.06. The summed E-state index contributed by atoms with van der Waals surface area (Å²) in [5.74, 6) is 0.456. The summed E-state index contributed by atoms with van der Waals surface area (Å²) in [6.07, 6.45) is 0.361. The summed E-state index contributed by atoms with van der Waals surface area (Å²) < 4.78 is 0. The highest BCUT2D eigenvalue weighted by atomic mass is 35.5. The Morgan fingerprint density at radius 3 is 2.92 bits per heavy atom. The van der Waals surface area contributed by atoms with Gasteiger partial charge in [0, 0.05) is 23.2 Å². The van der Waals surface area contributed by atoms with E-state index in [1.165, 1.54) is 11.3 Å². The van der Waals surface area contributed by atoms with Gasteiger partial charge in [-0.1, -0.05) is 12.2 Å². The molecule has 12 heavy (non-hydrogen) atoms. The maximum Gasteiger partial charge on any atom is 0.167 e. The van der Waals surface area contributed by atoms with E-state index in [0.717, 1.165) is 11.1 Å². The highest BCUT2D eigenvalue weighted by Crippen LogP contribution is 2.12. The second kappa shape index (κ2) is 4.43. The van der Waals surface area contributed by atoms with E-state index in [-0.39, 0.29) is 5.78 Å². The Morgan fingerprint density at radius 2 is 2.42 bits per heavy atom.